The molecule has 1 aromatic heterocycles. The van der Waals surface area contributed by atoms with Crippen molar-refractivity contribution in [3.05, 3.63) is 0 Å². The highest BCUT2D eigenvalue weighted by Gasteiger charge is 2.32. The van der Waals surface area contributed by atoms with Gasteiger partial charge < -0.3 is 15.0 Å². The molecule has 0 saturated carbocycles. The quantitative estimate of drug-likeness (QED) is 0.464. The molecular formula is C10H17N7O2. The number of nitrogens with two attached hydrogens (primary N) is 1. The third-order valence-corrected chi connectivity index (χ3v) is 2.97. The maximum Gasteiger partial charge on any atom is 0.322 e. The van der Waals surface area contributed by atoms with E-state index in [0.717, 1.165) is 12.8 Å². The average Bonchev–Trinajstić information content (AvgIpc) is 2.95. The van der Waals surface area contributed by atoms with Crippen molar-refractivity contribution in [1.29, 1.82) is 0 Å². The second kappa shape index (κ2) is 5.65. The van der Waals surface area contributed by atoms with Crippen LogP contribution < -0.4 is 26.2 Å². The maximum atomic E-state index is 11.8. The molecule has 19 heavy (non-hydrogen) atoms. The molecule has 1 aliphatic rings. The number of hydrogen-bond acceptors (Lipinski definition) is 8. The van der Waals surface area contributed by atoms with E-state index in [9.17, 15) is 4.79 Å². The van der Waals surface area contributed by atoms with Crippen LogP contribution in [0.5, 0.6) is 6.01 Å². The molecule has 0 bridgehead atoms. The van der Waals surface area contributed by atoms with E-state index in [1.807, 2.05) is 4.90 Å². The minimum atomic E-state index is -0.275. The Hall–Kier alpha value is -2.16. The molecule has 1 aliphatic heterocycles. The molecule has 0 spiro atoms. The van der Waals surface area contributed by atoms with Gasteiger partial charge in [-0.3, -0.25) is 10.2 Å². The fourth-order valence-electron chi connectivity index (χ4n) is 2.08. The molecule has 0 aromatic carbocycles. The van der Waals surface area contributed by atoms with Crippen LogP contribution in [0.3, 0.4) is 0 Å². The second-order valence-electron chi connectivity index (χ2n) is 4.06. The van der Waals surface area contributed by atoms with Crippen LogP contribution in [0.1, 0.15) is 12.8 Å². The van der Waals surface area contributed by atoms with Gasteiger partial charge >= 0.3 is 6.01 Å². The molecule has 104 valence electrons. The van der Waals surface area contributed by atoms with Crippen LogP contribution in [0, 0.1) is 0 Å². The number of amides is 1. The van der Waals surface area contributed by atoms with Crippen molar-refractivity contribution in [3.8, 4) is 6.01 Å². The first-order chi connectivity index (χ1) is 9.19. The van der Waals surface area contributed by atoms with Crippen molar-refractivity contribution in [2.24, 2.45) is 5.84 Å². The summed E-state index contributed by atoms with van der Waals surface area (Å²) in [5.74, 6) is 5.83. The van der Waals surface area contributed by atoms with Crippen LogP contribution in [0.15, 0.2) is 0 Å². The Kier molecular flexibility index (Phi) is 3.95. The predicted molar refractivity (Wildman–Crippen MR) is 68.6 cm³/mol. The van der Waals surface area contributed by atoms with E-state index >= 15 is 0 Å². The number of carbonyl (C=O) groups is 1. The SMILES string of the molecule is CNC(=O)C1CCCN1c1nc(NN)nc(OC)n1. The smallest absolute Gasteiger partial charge is 0.322 e. The minimum absolute atomic E-state index is 0.0564. The zero-order chi connectivity index (χ0) is 13.8. The van der Waals surface area contributed by atoms with Gasteiger partial charge in [0.2, 0.25) is 17.8 Å². The third-order valence-electron chi connectivity index (χ3n) is 2.97. The Labute approximate surface area is 110 Å². The topological polar surface area (TPSA) is 118 Å². The molecular weight excluding hydrogens is 250 g/mol. The normalized spacial score (nSPS) is 18.3. The summed E-state index contributed by atoms with van der Waals surface area (Å²) in [5.41, 5.74) is 2.35. The molecule has 1 amide bonds. The fourth-order valence-corrected chi connectivity index (χ4v) is 2.08. The van der Waals surface area contributed by atoms with Gasteiger partial charge in [-0.1, -0.05) is 0 Å². The number of nitrogens with one attached hydrogen (secondary N) is 2. The van der Waals surface area contributed by atoms with Crippen molar-refractivity contribution in [3.63, 3.8) is 0 Å². The first-order valence-electron chi connectivity index (χ1n) is 5.94. The van der Waals surface area contributed by atoms with Crippen molar-refractivity contribution in [2.75, 3.05) is 31.0 Å². The van der Waals surface area contributed by atoms with Gasteiger partial charge in [-0.2, -0.15) is 15.0 Å². The lowest BCUT2D eigenvalue weighted by molar-refractivity contribution is -0.121. The zero-order valence-electron chi connectivity index (χ0n) is 10.9. The molecule has 2 rings (SSSR count). The monoisotopic (exact) mass is 267 g/mol. The van der Waals surface area contributed by atoms with Gasteiger partial charge in [-0.15, -0.1) is 0 Å². The Morgan fingerprint density at radius 2 is 2.26 bits per heavy atom. The van der Waals surface area contributed by atoms with Crippen molar-refractivity contribution in [2.45, 2.75) is 18.9 Å². The zero-order valence-corrected chi connectivity index (χ0v) is 10.9. The van der Waals surface area contributed by atoms with Crippen LogP contribution in [0.25, 0.3) is 0 Å². The summed E-state index contributed by atoms with van der Waals surface area (Å²) in [6, 6.07) is -0.122. The number of carbonyl (C=O) groups excluding carboxylic acids is 1. The summed E-state index contributed by atoms with van der Waals surface area (Å²) in [7, 11) is 3.07. The first kappa shape index (κ1) is 13.3. The number of likely N-dealkylation sites (N-methyl/N-ethyl adjacent to an activating group) is 1. The molecule has 0 radical (unpaired) electrons. The molecule has 1 aromatic rings. The van der Waals surface area contributed by atoms with Crippen molar-refractivity contribution >= 4 is 17.8 Å². The summed E-state index contributed by atoms with van der Waals surface area (Å²) in [6.07, 6.45) is 1.66. The van der Waals surface area contributed by atoms with Crippen LogP contribution in [0.2, 0.25) is 0 Å². The van der Waals surface area contributed by atoms with Crippen LogP contribution in [0.4, 0.5) is 11.9 Å². The average molecular weight is 267 g/mol. The lowest BCUT2D eigenvalue weighted by Crippen LogP contribution is -2.42. The molecule has 1 fully saturated rings. The fraction of sp³-hybridized carbons (Fsp3) is 0.600. The van der Waals surface area contributed by atoms with Gasteiger partial charge in [-0.25, -0.2) is 5.84 Å². The Morgan fingerprint density at radius 1 is 1.47 bits per heavy atom. The molecule has 2 heterocycles. The summed E-state index contributed by atoms with van der Waals surface area (Å²) >= 11 is 0. The van der Waals surface area contributed by atoms with E-state index in [-0.39, 0.29) is 23.9 Å². The van der Waals surface area contributed by atoms with Gasteiger partial charge in [0.1, 0.15) is 6.04 Å². The largest absolute Gasteiger partial charge is 0.467 e. The summed E-state index contributed by atoms with van der Waals surface area (Å²) in [4.78, 5) is 25.9. The summed E-state index contributed by atoms with van der Waals surface area (Å²) in [6.45, 7) is 0.704. The molecule has 9 nitrogen and oxygen atoms in total. The molecule has 1 saturated heterocycles. The molecule has 0 aliphatic carbocycles. The van der Waals surface area contributed by atoms with E-state index in [2.05, 4.69) is 25.7 Å². The Morgan fingerprint density at radius 3 is 2.89 bits per heavy atom. The van der Waals surface area contributed by atoms with Gasteiger partial charge in [-0.05, 0) is 12.8 Å². The van der Waals surface area contributed by atoms with Gasteiger partial charge in [0, 0.05) is 13.6 Å². The highest BCUT2D eigenvalue weighted by molar-refractivity contribution is 5.85. The number of nitrogens with zero attached hydrogens (tertiary/aromatic N) is 4. The number of nitrogen functional groups attached to an aromatic ring is 1. The highest BCUT2D eigenvalue weighted by atomic mass is 16.5. The number of anilines is 2. The number of hydrogen-bond donors (Lipinski definition) is 3. The second-order valence-corrected chi connectivity index (χ2v) is 4.06. The Balaban J connectivity index is 2.31. The van der Waals surface area contributed by atoms with Crippen LogP contribution >= 0.6 is 0 Å². The molecule has 9 heteroatoms. The van der Waals surface area contributed by atoms with E-state index < -0.39 is 0 Å². The highest BCUT2D eigenvalue weighted by Crippen LogP contribution is 2.24. The van der Waals surface area contributed by atoms with Gasteiger partial charge in [0.05, 0.1) is 7.11 Å². The van der Waals surface area contributed by atoms with E-state index in [4.69, 9.17) is 10.6 Å². The van der Waals surface area contributed by atoms with E-state index in [0.29, 0.717) is 12.5 Å². The number of methoxy groups -OCH3 is 1. The summed E-state index contributed by atoms with van der Waals surface area (Å²) < 4.78 is 4.99. The first-order valence-corrected chi connectivity index (χ1v) is 5.94. The number of rotatable bonds is 4. The number of ether oxygens (including phenoxy) is 1. The molecule has 1 atom stereocenters. The molecule has 4 N–H and O–H groups in total. The van der Waals surface area contributed by atoms with Gasteiger partial charge in [0.15, 0.2) is 0 Å². The third kappa shape index (κ3) is 2.65. The van der Waals surface area contributed by atoms with E-state index in [1.165, 1.54) is 7.11 Å². The number of aromatic nitrogens is 3. The van der Waals surface area contributed by atoms with Gasteiger partial charge in [0.25, 0.3) is 0 Å². The minimum Gasteiger partial charge on any atom is -0.467 e. The maximum absolute atomic E-state index is 11.8. The van der Waals surface area contributed by atoms with Crippen LogP contribution in [-0.2, 0) is 4.79 Å². The van der Waals surface area contributed by atoms with E-state index in [1.54, 1.807) is 7.05 Å². The predicted octanol–water partition coefficient (Wildman–Crippen LogP) is -1.12. The number of hydrazine groups is 1. The standard InChI is InChI=1S/C10H17N7O2/c1-12-7(18)6-4-3-5-17(6)9-13-8(16-11)14-10(15-9)19-2/h6H,3-5,11H2,1-2H3,(H,12,18)(H,13,14,15,16). The lowest BCUT2D eigenvalue weighted by Gasteiger charge is -2.23. The Bertz CT molecular complexity index is 445. The molecule has 1 unspecified atom stereocenters. The summed E-state index contributed by atoms with van der Waals surface area (Å²) in [5, 5.41) is 2.64. The lowest BCUT2D eigenvalue weighted by atomic mass is 10.2. The van der Waals surface area contributed by atoms with Crippen LogP contribution in [-0.4, -0.2) is 47.6 Å². The van der Waals surface area contributed by atoms with Crippen molar-refractivity contribution in [1.82, 2.24) is 20.3 Å². The van der Waals surface area contributed by atoms with Crippen molar-refractivity contribution < 1.29 is 9.53 Å².